The Kier molecular flexibility index (Phi) is 4.79. The molecule has 1 amide bonds. The molecule has 0 bridgehead atoms. The molecule has 0 fully saturated rings. The Morgan fingerprint density at radius 1 is 1.20 bits per heavy atom. The van der Waals surface area contributed by atoms with Crippen LogP contribution in [0.3, 0.4) is 0 Å². The molecule has 6 nitrogen and oxygen atoms in total. The molecule has 0 unspecified atom stereocenters. The van der Waals surface area contributed by atoms with Gasteiger partial charge in [0.05, 0.1) is 6.20 Å². The van der Waals surface area contributed by atoms with E-state index in [0.717, 1.165) is 5.56 Å². The van der Waals surface area contributed by atoms with E-state index in [4.69, 9.17) is 4.42 Å². The van der Waals surface area contributed by atoms with Crippen LogP contribution in [0.5, 0.6) is 0 Å². The van der Waals surface area contributed by atoms with Crippen LogP contribution in [0.25, 0.3) is 11.3 Å². The number of aromatic nitrogens is 3. The van der Waals surface area contributed by atoms with Crippen molar-refractivity contribution in [3.05, 3.63) is 47.4 Å². The van der Waals surface area contributed by atoms with Crippen LogP contribution in [0.1, 0.15) is 17.3 Å². The molecular weight excluding hydrogens is 357 g/mol. The van der Waals surface area contributed by atoms with Crippen LogP contribution in [-0.2, 0) is 17.4 Å². The lowest BCUT2D eigenvalue weighted by molar-refractivity contribution is -0.138. The zero-order valence-corrected chi connectivity index (χ0v) is 13.4. The lowest BCUT2D eigenvalue weighted by Gasteiger charge is -2.00. The number of oxazole rings is 1. The second-order valence-electron chi connectivity index (χ2n) is 4.94. The highest BCUT2D eigenvalue weighted by molar-refractivity contribution is 7.15. The largest absolute Gasteiger partial charge is 0.445 e. The van der Waals surface area contributed by atoms with E-state index >= 15 is 0 Å². The van der Waals surface area contributed by atoms with Crippen molar-refractivity contribution < 1.29 is 22.4 Å². The monoisotopic (exact) mass is 368 g/mol. The van der Waals surface area contributed by atoms with Crippen molar-refractivity contribution in [2.45, 2.75) is 19.0 Å². The average molecular weight is 368 g/mol. The number of nitrogens with zero attached hydrogens (tertiary/aromatic N) is 3. The summed E-state index contributed by atoms with van der Waals surface area (Å²) in [6.07, 6.45) is -2.81. The van der Waals surface area contributed by atoms with E-state index in [1.165, 1.54) is 0 Å². The van der Waals surface area contributed by atoms with Gasteiger partial charge in [-0.2, -0.15) is 13.2 Å². The lowest BCUT2D eigenvalue weighted by atomic mass is 10.2. The number of amides is 1. The summed E-state index contributed by atoms with van der Waals surface area (Å²) in [5, 5.41) is 7.26. The van der Waals surface area contributed by atoms with Crippen molar-refractivity contribution in [2.24, 2.45) is 0 Å². The number of hydrogen-bond donors (Lipinski definition) is 1. The molecule has 3 rings (SSSR count). The van der Waals surface area contributed by atoms with E-state index in [9.17, 15) is 18.0 Å². The minimum atomic E-state index is -4.58. The van der Waals surface area contributed by atoms with E-state index in [-0.39, 0.29) is 29.3 Å². The third-order valence-corrected chi connectivity index (χ3v) is 3.98. The van der Waals surface area contributed by atoms with Crippen LogP contribution < -0.4 is 5.32 Å². The van der Waals surface area contributed by atoms with Gasteiger partial charge < -0.3 is 9.73 Å². The van der Waals surface area contributed by atoms with Crippen molar-refractivity contribution in [1.29, 1.82) is 0 Å². The summed E-state index contributed by atoms with van der Waals surface area (Å²) in [4.78, 5) is 15.9. The first kappa shape index (κ1) is 17.1. The minimum Gasteiger partial charge on any atom is -0.441 e. The van der Waals surface area contributed by atoms with E-state index in [1.807, 2.05) is 30.3 Å². The van der Waals surface area contributed by atoms with Crippen LogP contribution in [0.4, 0.5) is 18.3 Å². The summed E-state index contributed by atoms with van der Waals surface area (Å²) >= 11 is 0.273. The molecule has 1 N–H and O–H groups in total. The van der Waals surface area contributed by atoms with Gasteiger partial charge in [0.1, 0.15) is 0 Å². The Bertz CT molecular complexity index is 861. The first-order valence-corrected chi connectivity index (χ1v) is 7.94. The minimum absolute atomic E-state index is 0.00429. The molecule has 3 aromatic rings. The summed E-state index contributed by atoms with van der Waals surface area (Å²) in [6.45, 7) is 0. The average Bonchev–Trinajstić information content (AvgIpc) is 3.23. The van der Waals surface area contributed by atoms with Gasteiger partial charge in [-0.05, 0) is 0 Å². The molecule has 0 atom stereocenters. The maximum absolute atomic E-state index is 12.4. The number of anilines is 1. The van der Waals surface area contributed by atoms with Crippen LogP contribution in [0.15, 0.2) is 40.9 Å². The van der Waals surface area contributed by atoms with Crippen LogP contribution >= 0.6 is 11.3 Å². The van der Waals surface area contributed by atoms with E-state index < -0.39 is 17.1 Å². The molecule has 0 saturated heterocycles. The highest BCUT2D eigenvalue weighted by atomic mass is 32.1. The van der Waals surface area contributed by atoms with Crippen molar-refractivity contribution >= 4 is 22.4 Å². The first-order chi connectivity index (χ1) is 11.9. The predicted octanol–water partition coefficient (Wildman–Crippen LogP) is 3.78. The molecule has 0 saturated carbocycles. The summed E-state index contributed by atoms with van der Waals surface area (Å²) in [5.41, 5.74) is 0.860. The van der Waals surface area contributed by atoms with Crippen molar-refractivity contribution in [2.75, 3.05) is 5.32 Å². The number of halogens is 3. The van der Waals surface area contributed by atoms with Gasteiger partial charge in [0, 0.05) is 18.4 Å². The van der Waals surface area contributed by atoms with Gasteiger partial charge in [-0.3, -0.25) is 4.79 Å². The second-order valence-corrected chi connectivity index (χ2v) is 5.92. The Balaban J connectivity index is 1.54. The lowest BCUT2D eigenvalue weighted by Crippen LogP contribution is -2.12. The maximum Gasteiger partial charge on any atom is 0.445 e. The van der Waals surface area contributed by atoms with E-state index in [2.05, 4.69) is 20.5 Å². The van der Waals surface area contributed by atoms with Crippen LogP contribution in [0.2, 0.25) is 0 Å². The van der Waals surface area contributed by atoms with Gasteiger partial charge in [-0.1, -0.05) is 41.7 Å². The summed E-state index contributed by atoms with van der Waals surface area (Å²) < 4.78 is 42.8. The molecule has 0 radical (unpaired) electrons. The van der Waals surface area contributed by atoms with E-state index in [0.29, 0.717) is 11.7 Å². The third kappa shape index (κ3) is 4.41. The smallest absolute Gasteiger partial charge is 0.441 e. The first-order valence-electron chi connectivity index (χ1n) is 7.12. The van der Waals surface area contributed by atoms with Gasteiger partial charge >= 0.3 is 6.18 Å². The summed E-state index contributed by atoms with van der Waals surface area (Å²) in [6, 6.07) is 9.34. The number of rotatable bonds is 5. The molecule has 0 aliphatic heterocycles. The quantitative estimate of drug-likeness (QED) is 0.741. The highest BCUT2D eigenvalue weighted by Crippen LogP contribution is 2.33. The fourth-order valence-corrected chi connectivity index (χ4v) is 2.58. The van der Waals surface area contributed by atoms with Crippen LogP contribution in [-0.4, -0.2) is 21.1 Å². The topological polar surface area (TPSA) is 80.9 Å². The van der Waals surface area contributed by atoms with Crippen molar-refractivity contribution in [3.8, 4) is 11.3 Å². The fraction of sp³-hybridized carbons (Fsp3) is 0.200. The second kappa shape index (κ2) is 7.01. The Labute approximate surface area is 143 Å². The van der Waals surface area contributed by atoms with Gasteiger partial charge in [0.2, 0.25) is 16.0 Å². The molecule has 2 heterocycles. The highest BCUT2D eigenvalue weighted by Gasteiger charge is 2.35. The van der Waals surface area contributed by atoms with E-state index in [1.54, 1.807) is 6.20 Å². The van der Waals surface area contributed by atoms with Crippen molar-refractivity contribution in [3.63, 3.8) is 0 Å². The standard InChI is InChI=1S/C15H11F3N4O2S/c16-15(17,18)13-21-22-14(25-13)20-11(23)6-7-12-19-8-10(24-12)9-4-2-1-3-5-9/h1-5,8H,6-7H2,(H,20,22,23). The number of hydrogen-bond acceptors (Lipinski definition) is 6. The Morgan fingerprint density at radius 2 is 1.96 bits per heavy atom. The summed E-state index contributed by atoms with van der Waals surface area (Å²) in [5.74, 6) is 0.446. The normalized spacial score (nSPS) is 11.5. The zero-order valence-electron chi connectivity index (χ0n) is 12.6. The Morgan fingerprint density at radius 3 is 2.64 bits per heavy atom. The molecule has 0 spiro atoms. The van der Waals surface area contributed by atoms with Crippen LogP contribution in [0, 0.1) is 0 Å². The van der Waals surface area contributed by atoms with Gasteiger partial charge in [0.15, 0.2) is 11.7 Å². The maximum atomic E-state index is 12.4. The number of carbonyl (C=O) groups excluding carboxylic acids is 1. The predicted molar refractivity (Wildman–Crippen MR) is 83.8 cm³/mol. The van der Waals surface area contributed by atoms with Gasteiger partial charge in [-0.25, -0.2) is 4.98 Å². The molecule has 0 aliphatic rings. The third-order valence-electron chi connectivity index (χ3n) is 3.09. The van der Waals surface area contributed by atoms with Gasteiger partial charge in [-0.15, -0.1) is 10.2 Å². The number of alkyl halides is 3. The molecule has 130 valence electrons. The number of nitrogens with one attached hydrogen (secondary N) is 1. The number of aryl methyl sites for hydroxylation is 1. The fourth-order valence-electron chi connectivity index (χ4n) is 1.95. The van der Waals surface area contributed by atoms with Gasteiger partial charge in [0.25, 0.3) is 0 Å². The Hall–Kier alpha value is -2.75. The zero-order chi connectivity index (χ0) is 17.9. The molecule has 2 aromatic heterocycles. The number of benzene rings is 1. The number of carbonyl (C=O) groups is 1. The molecule has 1 aromatic carbocycles. The molecule has 0 aliphatic carbocycles. The molecule has 10 heteroatoms. The molecular formula is C15H11F3N4O2S. The summed E-state index contributed by atoms with van der Waals surface area (Å²) in [7, 11) is 0. The molecule has 25 heavy (non-hydrogen) atoms. The SMILES string of the molecule is O=C(CCc1ncc(-c2ccccc2)o1)Nc1nnc(C(F)(F)F)s1. The van der Waals surface area contributed by atoms with Crippen molar-refractivity contribution in [1.82, 2.24) is 15.2 Å².